The van der Waals surface area contributed by atoms with E-state index in [0.717, 1.165) is 11.3 Å². The summed E-state index contributed by atoms with van der Waals surface area (Å²) < 4.78 is 16.0. The van der Waals surface area contributed by atoms with E-state index in [1.807, 2.05) is 24.3 Å². The molecule has 3 N–H and O–H groups in total. The van der Waals surface area contributed by atoms with E-state index in [1.165, 1.54) is 0 Å². The van der Waals surface area contributed by atoms with E-state index in [4.69, 9.17) is 26.4 Å². The first-order valence-electron chi connectivity index (χ1n) is 8.02. The van der Waals surface area contributed by atoms with Crippen LogP contribution in [0.15, 0.2) is 42.5 Å². The topological polar surface area (TPSA) is 80.9 Å². The van der Waals surface area contributed by atoms with Gasteiger partial charge in [0, 0.05) is 12.1 Å². The van der Waals surface area contributed by atoms with E-state index in [0.29, 0.717) is 41.9 Å². The monoisotopic (exact) mass is 373 g/mol. The van der Waals surface area contributed by atoms with Crippen molar-refractivity contribution in [3.05, 3.63) is 53.6 Å². The number of thiocarbonyl (C=S) groups is 1. The van der Waals surface area contributed by atoms with Crippen LogP contribution < -0.4 is 30.4 Å². The standard InChI is InChI=1S/C18H19N3O4S/c1-23-14-5-2-12(3-6-14)11-19-18(26)21-20-17(22)13-4-7-15-16(10-13)25-9-8-24-15/h2-7,10H,8-9,11H2,1H3,(H,20,22)(H2,19,21,26). The van der Waals surface area contributed by atoms with Crippen LogP contribution in [0.3, 0.4) is 0 Å². The highest BCUT2D eigenvalue weighted by molar-refractivity contribution is 7.80. The molecule has 0 spiro atoms. The van der Waals surface area contributed by atoms with Crippen LogP contribution in [-0.4, -0.2) is 31.3 Å². The summed E-state index contributed by atoms with van der Waals surface area (Å²) in [7, 11) is 1.62. The third kappa shape index (κ3) is 4.54. The molecule has 3 rings (SSSR count). The van der Waals surface area contributed by atoms with Gasteiger partial charge in [-0.3, -0.25) is 15.6 Å². The Balaban J connectivity index is 1.47. The van der Waals surface area contributed by atoms with E-state index < -0.39 is 0 Å². The van der Waals surface area contributed by atoms with Crippen LogP contribution in [0.1, 0.15) is 15.9 Å². The summed E-state index contributed by atoms with van der Waals surface area (Å²) in [6.07, 6.45) is 0. The summed E-state index contributed by atoms with van der Waals surface area (Å²) >= 11 is 5.16. The number of hydrazine groups is 1. The Morgan fingerprint density at radius 3 is 2.54 bits per heavy atom. The minimum Gasteiger partial charge on any atom is -0.497 e. The molecule has 0 radical (unpaired) electrons. The second-order valence-electron chi connectivity index (χ2n) is 5.47. The van der Waals surface area contributed by atoms with Crippen molar-refractivity contribution in [1.29, 1.82) is 0 Å². The number of hydrogen-bond acceptors (Lipinski definition) is 5. The highest BCUT2D eigenvalue weighted by Gasteiger charge is 2.15. The van der Waals surface area contributed by atoms with Gasteiger partial charge in [0.2, 0.25) is 0 Å². The average Bonchev–Trinajstić information content (AvgIpc) is 2.70. The number of methoxy groups -OCH3 is 1. The summed E-state index contributed by atoms with van der Waals surface area (Å²) in [5.41, 5.74) is 6.71. The molecule has 1 aliphatic heterocycles. The molecule has 0 saturated heterocycles. The molecule has 1 heterocycles. The highest BCUT2D eigenvalue weighted by Crippen LogP contribution is 2.30. The molecule has 1 aliphatic rings. The van der Waals surface area contributed by atoms with Crippen LogP contribution in [0.4, 0.5) is 0 Å². The van der Waals surface area contributed by atoms with Gasteiger partial charge < -0.3 is 19.5 Å². The number of ether oxygens (including phenoxy) is 3. The zero-order valence-electron chi connectivity index (χ0n) is 14.2. The number of carbonyl (C=O) groups is 1. The minimum atomic E-state index is -0.324. The van der Waals surface area contributed by atoms with Gasteiger partial charge in [0.25, 0.3) is 5.91 Å². The molecule has 8 heteroatoms. The number of nitrogens with one attached hydrogen (secondary N) is 3. The molecule has 136 valence electrons. The molecular formula is C18H19N3O4S. The SMILES string of the molecule is COc1ccc(CNC(=S)NNC(=O)c2ccc3c(c2)OCCO3)cc1. The Morgan fingerprint density at radius 1 is 1.08 bits per heavy atom. The largest absolute Gasteiger partial charge is 0.497 e. The Morgan fingerprint density at radius 2 is 1.81 bits per heavy atom. The second kappa shape index (κ2) is 8.39. The number of rotatable bonds is 4. The van der Waals surface area contributed by atoms with Crippen molar-refractivity contribution in [3.63, 3.8) is 0 Å². The van der Waals surface area contributed by atoms with E-state index >= 15 is 0 Å². The first-order chi connectivity index (χ1) is 12.7. The van der Waals surface area contributed by atoms with Gasteiger partial charge in [-0.05, 0) is 48.1 Å². The summed E-state index contributed by atoms with van der Waals surface area (Å²) in [6, 6.07) is 12.6. The highest BCUT2D eigenvalue weighted by atomic mass is 32.1. The van der Waals surface area contributed by atoms with Crippen LogP contribution >= 0.6 is 12.2 Å². The zero-order valence-corrected chi connectivity index (χ0v) is 15.0. The lowest BCUT2D eigenvalue weighted by atomic mass is 10.2. The maximum Gasteiger partial charge on any atom is 0.269 e. The van der Waals surface area contributed by atoms with Crippen molar-refractivity contribution < 1.29 is 19.0 Å². The van der Waals surface area contributed by atoms with Gasteiger partial charge in [-0.25, -0.2) is 0 Å². The van der Waals surface area contributed by atoms with Gasteiger partial charge in [0.1, 0.15) is 19.0 Å². The summed E-state index contributed by atoms with van der Waals surface area (Å²) in [6.45, 7) is 1.50. The number of amides is 1. The Hall–Kier alpha value is -3.00. The normalized spacial score (nSPS) is 12.0. The minimum absolute atomic E-state index is 0.312. The van der Waals surface area contributed by atoms with Crippen molar-refractivity contribution in [3.8, 4) is 17.2 Å². The van der Waals surface area contributed by atoms with Crippen LogP contribution in [-0.2, 0) is 6.54 Å². The Labute approximate surface area is 156 Å². The molecule has 1 amide bonds. The predicted molar refractivity (Wildman–Crippen MR) is 100 cm³/mol. The van der Waals surface area contributed by atoms with Crippen LogP contribution in [0, 0.1) is 0 Å². The number of hydrogen-bond donors (Lipinski definition) is 3. The molecule has 0 aliphatic carbocycles. The van der Waals surface area contributed by atoms with Crippen molar-refractivity contribution in [2.75, 3.05) is 20.3 Å². The molecule has 2 aromatic carbocycles. The van der Waals surface area contributed by atoms with E-state index in [2.05, 4.69) is 16.2 Å². The third-order valence-electron chi connectivity index (χ3n) is 3.71. The molecule has 0 unspecified atom stereocenters. The molecule has 0 saturated carbocycles. The van der Waals surface area contributed by atoms with Crippen LogP contribution in [0.25, 0.3) is 0 Å². The van der Waals surface area contributed by atoms with Gasteiger partial charge in [0.15, 0.2) is 16.6 Å². The van der Waals surface area contributed by atoms with Gasteiger partial charge in [-0.1, -0.05) is 12.1 Å². The van der Waals surface area contributed by atoms with Crippen molar-refractivity contribution in [2.45, 2.75) is 6.54 Å². The maximum atomic E-state index is 12.2. The number of fused-ring (bicyclic) bond motifs is 1. The molecule has 0 aromatic heterocycles. The van der Waals surface area contributed by atoms with Crippen LogP contribution in [0.5, 0.6) is 17.2 Å². The number of benzene rings is 2. The molecule has 26 heavy (non-hydrogen) atoms. The lowest BCUT2D eigenvalue weighted by Crippen LogP contribution is -2.46. The fraction of sp³-hybridized carbons (Fsp3) is 0.222. The molecular weight excluding hydrogens is 354 g/mol. The lowest BCUT2D eigenvalue weighted by Gasteiger charge is -2.19. The van der Waals surface area contributed by atoms with E-state index in [9.17, 15) is 4.79 Å². The quantitative estimate of drug-likeness (QED) is 0.557. The second-order valence-corrected chi connectivity index (χ2v) is 5.88. The van der Waals surface area contributed by atoms with Crippen molar-refractivity contribution in [2.24, 2.45) is 0 Å². The van der Waals surface area contributed by atoms with Crippen molar-refractivity contribution in [1.82, 2.24) is 16.2 Å². The predicted octanol–water partition coefficient (Wildman–Crippen LogP) is 1.78. The molecule has 0 bridgehead atoms. The molecule has 0 fully saturated rings. The smallest absolute Gasteiger partial charge is 0.269 e. The number of carbonyl (C=O) groups excluding carboxylic acids is 1. The molecule has 7 nitrogen and oxygen atoms in total. The van der Waals surface area contributed by atoms with Gasteiger partial charge in [-0.15, -0.1) is 0 Å². The summed E-state index contributed by atoms with van der Waals surface area (Å²) in [5, 5.41) is 3.33. The van der Waals surface area contributed by atoms with Gasteiger partial charge in [0.05, 0.1) is 7.11 Å². The first kappa shape index (κ1) is 17.8. The Bertz CT molecular complexity index is 796. The Kier molecular flexibility index (Phi) is 5.75. The van der Waals surface area contributed by atoms with Gasteiger partial charge in [-0.2, -0.15) is 0 Å². The fourth-order valence-electron chi connectivity index (χ4n) is 2.34. The van der Waals surface area contributed by atoms with Gasteiger partial charge >= 0.3 is 0 Å². The maximum absolute atomic E-state index is 12.2. The average molecular weight is 373 g/mol. The first-order valence-corrected chi connectivity index (χ1v) is 8.43. The molecule has 0 atom stereocenters. The van der Waals surface area contributed by atoms with Crippen LogP contribution in [0.2, 0.25) is 0 Å². The summed E-state index contributed by atoms with van der Waals surface area (Å²) in [4.78, 5) is 12.2. The van der Waals surface area contributed by atoms with E-state index in [1.54, 1.807) is 25.3 Å². The fourth-order valence-corrected chi connectivity index (χ4v) is 2.46. The third-order valence-corrected chi connectivity index (χ3v) is 3.95. The zero-order chi connectivity index (χ0) is 18.4. The van der Waals surface area contributed by atoms with Crippen molar-refractivity contribution >= 4 is 23.2 Å². The summed E-state index contributed by atoms with van der Waals surface area (Å²) in [5.74, 6) is 1.67. The molecule has 2 aromatic rings. The lowest BCUT2D eigenvalue weighted by molar-refractivity contribution is 0.0942. The van der Waals surface area contributed by atoms with E-state index in [-0.39, 0.29) is 5.91 Å².